The lowest BCUT2D eigenvalue weighted by Gasteiger charge is -2.22. The first kappa shape index (κ1) is 13.7. The van der Waals surface area contributed by atoms with Crippen LogP contribution in [0.25, 0.3) is 0 Å². The summed E-state index contributed by atoms with van der Waals surface area (Å²) in [6.07, 6.45) is 4.36. The lowest BCUT2D eigenvalue weighted by atomic mass is 10.1. The van der Waals surface area contributed by atoms with Gasteiger partial charge in [-0.3, -0.25) is 0 Å². The first-order chi connectivity index (χ1) is 5.86. The molecule has 0 spiro atoms. The van der Waals surface area contributed by atoms with Gasteiger partial charge in [0.2, 0.25) is 0 Å². The van der Waals surface area contributed by atoms with Gasteiger partial charge in [-0.1, -0.05) is 5.21 Å². The molecule has 0 aliphatic carbocycles. The molecular weight excluding hydrogens is 223 g/mol. The molecule has 0 amide bonds. The van der Waals surface area contributed by atoms with E-state index in [0.29, 0.717) is 6.04 Å². The van der Waals surface area contributed by atoms with E-state index < -0.39 is 0 Å². The monoisotopic (exact) mass is 238 g/mol. The average molecular weight is 239 g/mol. The molecule has 0 aromatic carbocycles. The number of aromatic nitrogens is 3. The predicted molar refractivity (Wildman–Crippen MR) is 60.4 cm³/mol. The summed E-state index contributed by atoms with van der Waals surface area (Å²) in [5, 5.41) is 11.4. The third-order valence-corrected chi connectivity index (χ3v) is 2.31. The second-order valence-corrected chi connectivity index (χ2v) is 3.32. The number of aryl methyl sites for hydroxylation is 1. The fraction of sp³-hybridized carbons (Fsp3) is 0.750. The number of piperidine rings is 1. The minimum atomic E-state index is 0. The SMILES string of the molecule is Cc1cn(C2CCNCC2)nn1.Cl.Cl. The summed E-state index contributed by atoms with van der Waals surface area (Å²) in [4.78, 5) is 0. The molecule has 2 rings (SSSR count). The molecule has 4 nitrogen and oxygen atoms in total. The summed E-state index contributed by atoms with van der Waals surface area (Å²) in [5.41, 5.74) is 1.01. The largest absolute Gasteiger partial charge is 0.317 e. The van der Waals surface area contributed by atoms with Crippen LogP contribution in [0.5, 0.6) is 0 Å². The van der Waals surface area contributed by atoms with Crippen LogP contribution >= 0.6 is 24.8 Å². The van der Waals surface area contributed by atoms with Crippen LogP contribution in [0.1, 0.15) is 24.6 Å². The molecule has 1 aliphatic rings. The van der Waals surface area contributed by atoms with Crippen LogP contribution in [0.15, 0.2) is 6.20 Å². The van der Waals surface area contributed by atoms with E-state index in [1.807, 2.05) is 17.8 Å². The third kappa shape index (κ3) is 3.12. The highest BCUT2D eigenvalue weighted by molar-refractivity contribution is 5.85. The lowest BCUT2D eigenvalue weighted by molar-refractivity contribution is 0.337. The Labute approximate surface area is 96.3 Å². The molecule has 2 heterocycles. The topological polar surface area (TPSA) is 42.7 Å². The molecule has 1 aromatic rings. The molecule has 1 N–H and O–H groups in total. The van der Waals surface area contributed by atoms with Crippen molar-refractivity contribution in [1.29, 1.82) is 0 Å². The number of nitrogens with zero attached hydrogens (tertiary/aromatic N) is 3. The Morgan fingerprint density at radius 1 is 1.36 bits per heavy atom. The van der Waals surface area contributed by atoms with Gasteiger partial charge in [0.1, 0.15) is 0 Å². The van der Waals surface area contributed by atoms with Gasteiger partial charge >= 0.3 is 0 Å². The highest BCUT2D eigenvalue weighted by Crippen LogP contribution is 2.16. The fourth-order valence-electron chi connectivity index (χ4n) is 1.61. The molecule has 82 valence electrons. The van der Waals surface area contributed by atoms with Crippen LogP contribution in [0.4, 0.5) is 0 Å². The number of hydrogen-bond donors (Lipinski definition) is 1. The summed E-state index contributed by atoms with van der Waals surface area (Å²) in [5.74, 6) is 0. The van der Waals surface area contributed by atoms with Crippen molar-refractivity contribution in [3.63, 3.8) is 0 Å². The van der Waals surface area contributed by atoms with E-state index in [9.17, 15) is 0 Å². The zero-order chi connectivity index (χ0) is 8.39. The van der Waals surface area contributed by atoms with E-state index in [4.69, 9.17) is 0 Å². The lowest BCUT2D eigenvalue weighted by Crippen LogP contribution is -2.29. The fourth-order valence-corrected chi connectivity index (χ4v) is 1.61. The van der Waals surface area contributed by atoms with Gasteiger partial charge in [-0.05, 0) is 32.9 Å². The van der Waals surface area contributed by atoms with Crippen molar-refractivity contribution in [2.45, 2.75) is 25.8 Å². The van der Waals surface area contributed by atoms with E-state index in [-0.39, 0.29) is 24.8 Å². The summed E-state index contributed by atoms with van der Waals surface area (Å²) < 4.78 is 2.00. The highest BCUT2D eigenvalue weighted by atomic mass is 35.5. The maximum Gasteiger partial charge on any atom is 0.0796 e. The van der Waals surface area contributed by atoms with Crippen LogP contribution in [0.2, 0.25) is 0 Å². The Kier molecular flexibility index (Phi) is 6.08. The third-order valence-electron chi connectivity index (χ3n) is 2.31. The molecule has 0 radical (unpaired) electrons. The minimum Gasteiger partial charge on any atom is -0.317 e. The molecule has 0 saturated carbocycles. The van der Waals surface area contributed by atoms with Gasteiger partial charge in [0.05, 0.1) is 11.7 Å². The molecule has 14 heavy (non-hydrogen) atoms. The van der Waals surface area contributed by atoms with E-state index in [1.54, 1.807) is 0 Å². The number of rotatable bonds is 1. The Morgan fingerprint density at radius 3 is 2.50 bits per heavy atom. The van der Waals surface area contributed by atoms with Gasteiger partial charge in [0.15, 0.2) is 0 Å². The van der Waals surface area contributed by atoms with Crippen molar-refractivity contribution in [2.24, 2.45) is 0 Å². The maximum absolute atomic E-state index is 4.08. The molecule has 1 fully saturated rings. The summed E-state index contributed by atoms with van der Waals surface area (Å²) in [7, 11) is 0. The Morgan fingerprint density at radius 2 is 2.00 bits per heavy atom. The summed E-state index contributed by atoms with van der Waals surface area (Å²) in [6, 6.07) is 0.562. The zero-order valence-electron chi connectivity index (χ0n) is 8.14. The Bertz CT molecular complexity index is 258. The summed E-state index contributed by atoms with van der Waals surface area (Å²) >= 11 is 0. The second-order valence-electron chi connectivity index (χ2n) is 3.32. The Hall–Kier alpha value is -0.320. The van der Waals surface area contributed by atoms with Crippen LogP contribution < -0.4 is 5.32 Å². The van der Waals surface area contributed by atoms with Crippen molar-refractivity contribution >= 4 is 24.8 Å². The maximum atomic E-state index is 4.08. The second kappa shape index (κ2) is 6.22. The molecule has 1 aliphatic heterocycles. The molecule has 6 heteroatoms. The van der Waals surface area contributed by atoms with Crippen molar-refractivity contribution in [3.05, 3.63) is 11.9 Å². The Balaban J connectivity index is 0.000000845. The summed E-state index contributed by atoms with van der Waals surface area (Å²) in [6.45, 7) is 4.18. The standard InChI is InChI=1S/C8H14N4.2ClH/c1-7-6-12(11-10-7)8-2-4-9-5-3-8;;/h6,8-9H,2-5H2,1H3;2*1H. The number of halogens is 2. The normalized spacial score (nSPS) is 16.9. The quantitative estimate of drug-likeness (QED) is 0.804. The van der Waals surface area contributed by atoms with E-state index >= 15 is 0 Å². The van der Waals surface area contributed by atoms with E-state index in [2.05, 4.69) is 15.6 Å². The average Bonchev–Trinajstić information content (AvgIpc) is 2.54. The smallest absolute Gasteiger partial charge is 0.0796 e. The first-order valence-corrected chi connectivity index (χ1v) is 4.45. The van der Waals surface area contributed by atoms with E-state index in [1.165, 1.54) is 12.8 Å². The van der Waals surface area contributed by atoms with Gasteiger partial charge in [0.25, 0.3) is 0 Å². The van der Waals surface area contributed by atoms with Gasteiger partial charge < -0.3 is 5.32 Å². The highest BCUT2D eigenvalue weighted by Gasteiger charge is 2.15. The number of nitrogens with one attached hydrogen (secondary N) is 1. The number of hydrogen-bond acceptors (Lipinski definition) is 3. The van der Waals surface area contributed by atoms with Crippen molar-refractivity contribution in [2.75, 3.05) is 13.1 Å². The van der Waals surface area contributed by atoms with Crippen molar-refractivity contribution < 1.29 is 0 Å². The molecular formula is C8H16Cl2N4. The first-order valence-electron chi connectivity index (χ1n) is 4.45. The van der Waals surface area contributed by atoms with Crippen LogP contribution in [0.3, 0.4) is 0 Å². The van der Waals surface area contributed by atoms with Gasteiger partial charge in [0, 0.05) is 6.20 Å². The molecule has 1 saturated heterocycles. The van der Waals surface area contributed by atoms with Gasteiger partial charge in [-0.2, -0.15) is 0 Å². The predicted octanol–water partition coefficient (Wildman–Crippen LogP) is 1.35. The van der Waals surface area contributed by atoms with E-state index in [0.717, 1.165) is 18.8 Å². The van der Waals surface area contributed by atoms with Crippen LogP contribution in [0, 0.1) is 6.92 Å². The van der Waals surface area contributed by atoms with Gasteiger partial charge in [-0.25, -0.2) is 4.68 Å². The van der Waals surface area contributed by atoms with Crippen LogP contribution in [-0.4, -0.2) is 28.1 Å². The van der Waals surface area contributed by atoms with Gasteiger partial charge in [-0.15, -0.1) is 29.9 Å². The zero-order valence-corrected chi connectivity index (χ0v) is 9.77. The molecule has 0 unspecified atom stereocenters. The molecule has 0 atom stereocenters. The minimum absolute atomic E-state index is 0. The molecule has 1 aromatic heterocycles. The van der Waals surface area contributed by atoms with Crippen LogP contribution in [-0.2, 0) is 0 Å². The van der Waals surface area contributed by atoms with Crippen molar-refractivity contribution in [3.8, 4) is 0 Å². The molecule has 0 bridgehead atoms. The van der Waals surface area contributed by atoms with Crippen molar-refractivity contribution in [1.82, 2.24) is 20.3 Å².